The van der Waals surface area contributed by atoms with Gasteiger partial charge in [0.2, 0.25) is 0 Å². The Morgan fingerprint density at radius 1 is 1.26 bits per heavy atom. The smallest absolute Gasteiger partial charge is 0.305 e. The number of benzene rings is 1. The molecule has 0 amide bonds. The van der Waals surface area contributed by atoms with Crippen LogP contribution in [-0.2, 0) is 10.3 Å². The summed E-state index contributed by atoms with van der Waals surface area (Å²) in [6.45, 7) is 6.14. The Kier molecular flexibility index (Phi) is 4.25. The van der Waals surface area contributed by atoms with Crippen molar-refractivity contribution < 1.29 is 9.90 Å². The van der Waals surface area contributed by atoms with Gasteiger partial charge in [-0.2, -0.15) is 0 Å². The first-order chi connectivity index (χ1) is 9.04. The van der Waals surface area contributed by atoms with Crippen molar-refractivity contribution in [3.8, 4) is 0 Å². The topological polar surface area (TPSA) is 40.5 Å². The first-order valence-corrected chi connectivity index (χ1v) is 7.07. The van der Waals surface area contributed by atoms with Crippen LogP contribution in [0.15, 0.2) is 24.3 Å². The van der Waals surface area contributed by atoms with Crippen molar-refractivity contribution in [3.05, 3.63) is 35.4 Å². The summed E-state index contributed by atoms with van der Waals surface area (Å²) in [5.74, 6) is -0.726. The van der Waals surface area contributed by atoms with Gasteiger partial charge in [-0.25, -0.2) is 0 Å². The first kappa shape index (κ1) is 14.1. The number of aliphatic carboxylic acids is 1. The molecule has 3 heteroatoms. The predicted molar refractivity (Wildman–Crippen MR) is 76.2 cm³/mol. The van der Waals surface area contributed by atoms with E-state index in [1.807, 2.05) is 12.1 Å². The highest BCUT2D eigenvalue weighted by Crippen LogP contribution is 2.35. The minimum atomic E-state index is -0.726. The van der Waals surface area contributed by atoms with Crippen molar-refractivity contribution >= 4 is 5.97 Å². The number of hydrogen-bond donors (Lipinski definition) is 1. The van der Waals surface area contributed by atoms with Crippen LogP contribution in [0.4, 0.5) is 0 Å². The molecule has 19 heavy (non-hydrogen) atoms. The second-order valence-corrected chi connectivity index (χ2v) is 5.71. The van der Waals surface area contributed by atoms with E-state index in [1.54, 1.807) is 0 Å². The summed E-state index contributed by atoms with van der Waals surface area (Å²) in [5, 5.41) is 9.31. The Bertz CT molecular complexity index is 452. The van der Waals surface area contributed by atoms with Crippen molar-refractivity contribution in [2.75, 3.05) is 13.1 Å². The van der Waals surface area contributed by atoms with Crippen LogP contribution < -0.4 is 0 Å². The standard InChI is InChI=1S/C16H23NO2/c1-13-8-4-5-9-14(13)16(2,12-15(18)19)17-10-6-3-7-11-17/h4-5,8-9H,3,6-7,10-12H2,1-2H3,(H,18,19). The van der Waals surface area contributed by atoms with E-state index in [4.69, 9.17) is 0 Å². The highest BCUT2D eigenvalue weighted by atomic mass is 16.4. The molecule has 0 aliphatic carbocycles. The number of carboxylic acids is 1. The highest BCUT2D eigenvalue weighted by Gasteiger charge is 2.37. The molecule has 2 rings (SSSR count). The van der Waals surface area contributed by atoms with Crippen molar-refractivity contribution in [3.63, 3.8) is 0 Å². The lowest BCUT2D eigenvalue weighted by molar-refractivity contribution is -0.140. The number of likely N-dealkylation sites (tertiary alicyclic amines) is 1. The molecule has 1 aromatic carbocycles. The SMILES string of the molecule is Cc1ccccc1C(C)(CC(=O)O)N1CCCCC1. The third-order valence-corrected chi connectivity index (χ3v) is 4.27. The Morgan fingerprint density at radius 2 is 1.89 bits per heavy atom. The van der Waals surface area contributed by atoms with Gasteiger partial charge < -0.3 is 5.11 Å². The molecule has 104 valence electrons. The van der Waals surface area contributed by atoms with E-state index in [2.05, 4.69) is 30.9 Å². The fourth-order valence-corrected chi connectivity index (χ4v) is 3.24. The van der Waals surface area contributed by atoms with Crippen LogP contribution in [0.5, 0.6) is 0 Å². The zero-order valence-corrected chi connectivity index (χ0v) is 11.9. The fourth-order valence-electron chi connectivity index (χ4n) is 3.24. The zero-order chi connectivity index (χ0) is 13.9. The van der Waals surface area contributed by atoms with Gasteiger partial charge in [0.15, 0.2) is 0 Å². The van der Waals surface area contributed by atoms with E-state index in [1.165, 1.54) is 24.8 Å². The lowest BCUT2D eigenvalue weighted by Crippen LogP contribution is -2.48. The molecule has 1 atom stereocenters. The summed E-state index contributed by atoms with van der Waals surface area (Å²) in [6.07, 6.45) is 3.76. The van der Waals surface area contributed by atoms with E-state index in [9.17, 15) is 9.90 Å². The molecular formula is C16H23NO2. The summed E-state index contributed by atoms with van der Waals surface area (Å²) in [6, 6.07) is 8.16. The summed E-state index contributed by atoms with van der Waals surface area (Å²) in [5.41, 5.74) is 1.94. The maximum Gasteiger partial charge on any atom is 0.305 e. The van der Waals surface area contributed by atoms with Crippen LogP contribution in [0.2, 0.25) is 0 Å². The van der Waals surface area contributed by atoms with Crippen molar-refractivity contribution in [1.82, 2.24) is 4.90 Å². The van der Waals surface area contributed by atoms with Gasteiger partial charge in [0.25, 0.3) is 0 Å². The molecule has 1 N–H and O–H groups in total. The number of carboxylic acid groups (broad SMARTS) is 1. The molecule has 1 aliphatic heterocycles. The molecule has 1 aromatic rings. The van der Waals surface area contributed by atoms with E-state index < -0.39 is 11.5 Å². The lowest BCUT2D eigenvalue weighted by Gasteiger charge is -2.43. The minimum absolute atomic E-state index is 0.165. The van der Waals surface area contributed by atoms with Crippen molar-refractivity contribution in [2.45, 2.75) is 45.1 Å². The Morgan fingerprint density at radius 3 is 2.47 bits per heavy atom. The van der Waals surface area contributed by atoms with Crippen LogP contribution in [-0.4, -0.2) is 29.1 Å². The molecule has 0 spiro atoms. The maximum absolute atomic E-state index is 11.3. The zero-order valence-electron chi connectivity index (χ0n) is 11.9. The molecular weight excluding hydrogens is 238 g/mol. The molecule has 3 nitrogen and oxygen atoms in total. The molecule has 1 aliphatic rings. The summed E-state index contributed by atoms with van der Waals surface area (Å²) >= 11 is 0. The largest absolute Gasteiger partial charge is 0.481 e. The minimum Gasteiger partial charge on any atom is -0.481 e. The van der Waals surface area contributed by atoms with E-state index >= 15 is 0 Å². The van der Waals surface area contributed by atoms with Gasteiger partial charge in [-0.05, 0) is 50.9 Å². The number of nitrogens with zero attached hydrogens (tertiary/aromatic N) is 1. The highest BCUT2D eigenvalue weighted by molar-refractivity contribution is 5.69. The molecule has 1 unspecified atom stereocenters. The summed E-state index contributed by atoms with van der Waals surface area (Å²) in [7, 11) is 0. The van der Waals surface area contributed by atoms with Crippen LogP contribution in [0.1, 0.15) is 43.7 Å². The second-order valence-electron chi connectivity index (χ2n) is 5.71. The molecule has 1 saturated heterocycles. The van der Waals surface area contributed by atoms with Crippen molar-refractivity contribution in [2.24, 2.45) is 0 Å². The Labute approximate surface area is 115 Å². The van der Waals surface area contributed by atoms with E-state index in [0.29, 0.717) is 0 Å². The van der Waals surface area contributed by atoms with Gasteiger partial charge in [0.05, 0.1) is 12.0 Å². The Balaban J connectivity index is 2.38. The van der Waals surface area contributed by atoms with Gasteiger partial charge in [-0.1, -0.05) is 30.7 Å². The normalized spacial score (nSPS) is 19.9. The second kappa shape index (κ2) is 5.74. The third-order valence-electron chi connectivity index (χ3n) is 4.27. The average Bonchev–Trinajstić information content (AvgIpc) is 2.39. The van der Waals surface area contributed by atoms with Crippen LogP contribution in [0.25, 0.3) is 0 Å². The predicted octanol–water partition coefficient (Wildman–Crippen LogP) is 3.17. The quantitative estimate of drug-likeness (QED) is 0.905. The van der Waals surface area contributed by atoms with Crippen LogP contribution in [0, 0.1) is 6.92 Å². The first-order valence-electron chi connectivity index (χ1n) is 7.07. The molecule has 0 aromatic heterocycles. The molecule has 0 saturated carbocycles. The molecule has 0 radical (unpaired) electrons. The van der Waals surface area contributed by atoms with Gasteiger partial charge in [0, 0.05) is 0 Å². The van der Waals surface area contributed by atoms with Gasteiger partial charge >= 0.3 is 5.97 Å². The fraction of sp³-hybridized carbons (Fsp3) is 0.562. The van der Waals surface area contributed by atoms with Gasteiger partial charge in [0.1, 0.15) is 0 Å². The van der Waals surface area contributed by atoms with Gasteiger partial charge in [-0.3, -0.25) is 9.69 Å². The Hall–Kier alpha value is -1.35. The number of carbonyl (C=O) groups is 1. The van der Waals surface area contributed by atoms with Crippen LogP contribution in [0.3, 0.4) is 0 Å². The number of piperidine rings is 1. The summed E-state index contributed by atoms with van der Waals surface area (Å²) in [4.78, 5) is 13.7. The number of hydrogen-bond acceptors (Lipinski definition) is 2. The number of aryl methyl sites for hydroxylation is 1. The maximum atomic E-state index is 11.3. The van der Waals surface area contributed by atoms with E-state index in [-0.39, 0.29) is 6.42 Å². The average molecular weight is 261 g/mol. The lowest BCUT2D eigenvalue weighted by atomic mass is 9.83. The molecule has 1 fully saturated rings. The third kappa shape index (κ3) is 2.98. The molecule has 0 bridgehead atoms. The van der Waals surface area contributed by atoms with Gasteiger partial charge in [-0.15, -0.1) is 0 Å². The van der Waals surface area contributed by atoms with Crippen molar-refractivity contribution in [1.29, 1.82) is 0 Å². The molecule has 1 heterocycles. The summed E-state index contributed by atoms with van der Waals surface area (Å²) < 4.78 is 0. The van der Waals surface area contributed by atoms with E-state index in [0.717, 1.165) is 18.7 Å². The van der Waals surface area contributed by atoms with Crippen LogP contribution >= 0.6 is 0 Å². The number of rotatable bonds is 4. The monoisotopic (exact) mass is 261 g/mol.